The minimum Gasteiger partial charge on any atom is -0.352 e. The standard InChI is InChI=1S/C20H28N6/c1-20(2,3)17-7-8-18(24-23-17)26-12-16(13-26)25(4)11-15-9-10-21-19(22-15)14-5-6-14/h7-10,14,16H,5-6,11-13H2,1-4H3. The SMILES string of the molecule is CN(Cc1ccnc(C2CC2)n1)C1CN(c2ccc(C(C)(C)C)nn2)C1. The monoisotopic (exact) mass is 352 g/mol. The van der Waals surface area contributed by atoms with Gasteiger partial charge < -0.3 is 4.90 Å². The lowest BCUT2D eigenvalue weighted by atomic mass is 9.92. The molecule has 1 saturated carbocycles. The van der Waals surface area contributed by atoms with Gasteiger partial charge in [0, 0.05) is 43.2 Å². The van der Waals surface area contributed by atoms with E-state index in [0.29, 0.717) is 12.0 Å². The molecule has 0 amide bonds. The first-order valence-electron chi connectivity index (χ1n) is 9.51. The van der Waals surface area contributed by atoms with Crippen molar-refractivity contribution in [1.82, 2.24) is 25.1 Å². The Morgan fingerprint density at radius 2 is 1.88 bits per heavy atom. The van der Waals surface area contributed by atoms with Crippen LogP contribution in [-0.2, 0) is 12.0 Å². The zero-order valence-corrected chi connectivity index (χ0v) is 16.2. The predicted molar refractivity (Wildman–Crippen MR) is 102 cm³/mol. The Morgan fingerprint density at radius 1 is 1.12 bits per heavy atom. The van der Waals surface area contributed by atoms with Gasteiger partial charge in [0.25, 0.3) is 0 Å². The summed E-state index contributed by atoms with van der Waals surface area (Å²) in [6.45, 7) is 9.32. The van der Waals surface area contributed by atoms with E-state index in [9.17, 15) is 0 Å². The van der Waals surface area contributed by atoms with E-state index in [1.807, 2.05) is 12.3 Å². The van der Waals surface area contributed by atoms with E-state index in [0.717, 1.165) is 42.7 Å². The number of hydrogen-bond donors (Lipinski definition) is 0. The van der Waals surface area contributed by atoms with Crippen molar-refractivity contribution >= 4 is 5.82 Å². The second-order valence-electron chi connectivity index (χ2n) is 8.68. The van der Waals surface area contributed by atoms with Crippen LogP contribution in [0.2, 0.25) is 0 Å². The van der Waals surface area contributed by atoms with E-state index in [1.165, 1.54) is 12.8 Å². The molecule has 2 aromatic rings. The molecule has 0 N–H and O–H groups in total. The summed E-state index contributed by atoms with van der Waals surface area (Å²) >= 11 is 0. The molecule has 0 unspecified atom stereocenters. The fourth-order valence-electron chi connectivity index (χ4n) is 3.24. The third-order valence-corrected chi connectivity index (χ3v) is 5.31. The lowest BCUT2D eigenvalue weighted by Gasteiger charge is -2.44. The molecule has 0 bridgehead atoms. The van der Waals surface area contributed by atoms with Crippen LogP contribution in [0.25, 0.3) is 0 Å². The zero-order valence-electron chi connectivity index (χ0n) is 16.2. The fourth-order valence-corrected chi connectivity index (χ4v) is 3.24. The van der Waals surface area contributed by atoms with Gasteiger partial charge in [0.2, 0.25) is 0 Å². The molecule has 1 aliphatic carbocycles. The van der Waals surface area contributed by atoms with Gasteiger partial charge in [-0.25, -0.2) is 9.97 Å². The summed E-state index contributed by atoms with van der Waals surface area (Å²) in [4.78, 5) is 13.8. The maximum Gasteiger partial charge on any atom is 0.151 e. The summed E-state index contributed by atoms with van der Waals surface area (Å²) in [5.74, 6) is 2.61. The van der Waals surface area contributed by atoms with Crippen molar-refractivity contribution in [2.24, 2.45) is 0 Å². The van der Waals surface area contributed by atoms with Gasteiger partial charge in [-0.3, -0.25) is 4.90 Å². The highest BCUT2D eigenvalue weighted by Crippen LogP contribution is 2.37. The van der Waals surface area contributed by atoms with Gasteiger partial charge in [-0.1, -0.05) is 20.8 Å². The second-order valence-corrected chi connectivity index (χ2v) is 8.68. The summed E-state index contributed by atoms with van der Waals surface area (Å²) in [5, 5.41) is 8.82. The molecule has 2 fully saturated rings. The molecule has 6 heteroatoms. The van der Waals surface area contributed by atoms with E-state index in [4.69, 9.17) is 4.98 Å². The van der Waals surface area contributed by atoms with Crippen molar-refractivity contribution < 1.29 is 0 Å². The average molecular weight is 352 g/mol. The summed E-state index contributed by atoms with van der Waals surface area (Å²) in [5.41, 5.74) is 2.20. The molecule has 2 aromatic heterocycles. The molecule has 3 heterocycles. The molecule has 0 spiro atoms. The Labute approximate surface area is 155 Å². The molecular formula is C20H28N6. The molecule has 1 saturated heterocycles. The first-order chi connectivity index (χ1) is 12.4. The van der Waals surface area contributed by atoms with Gasteiger partial charge in [0.05, 0.1) is 11.4 Å². The van der Waals surface area contributed by atoms with E-state index in [1.54, 1.807) is 0 Å². The first-order valence-corrected chi connectivity index (χ1v) is 9.51. The van der Waals surface area contributed by atoms with Crippen molar-refractivity contribution in [3.05, 3.63) is 41.6 Å². The Morgan fingerprint density at radius 3 is 2.50 bits per heavy atom. The largest absolute Gasteiger partial charge is 0.352 e. The summed E-state index contributed by atoms with van der Waals surface area (Å²) in [6, 6.07) is 6.75. The topological polar surface area (TPSA) is 58.0 Å². The second kappa shape index (κ2) is 6.58. The minimum absolute atomic E-state index is 0.0418. The maximum atomic E-state index is 4.74. The van der Waals surface area contributed by atoms with Gasteiger partial charge in [-0.05, 0) is 38.1 Å². The third-order valence-electron chi connectivity index (χ3n) is 5.31. The molecule has 0 radical (unpaired) electrons. The number of nitrogens with zero attached hydrogens (tertiary/aromatic N) is 6. The Bertz CT molecular complexity index is 757. The molecule has 4 rings (SSSR count). The lowest BCUT2D eigenvalue weighted by molar-refractivity contribution is 0.194. The maximum absolute atomic E-state index is 4.74. The number of hydrogen-bond acceptors (Lipinski definition) is 6. The van der Waals surface area contributed by atoms with Crippen molar-refractivity contribution in [3.63, 3.8) is 0 Å². The minimum atomic E-state index is 0.0418. The predicted octanol–water partition coefficient (Wildman–Crippen LogP) is 2.76. The Hall–Kier alpha value is -2.08. The number of rotatable bonds is 5. The third kappa shape index (κ3) is 3.70. The van der Waals surface area contributed by atoms with Crippen LogP contribution in [0.4, 0.5) is 5.82 Å². The highest BCUT2D eigenvalue weighted by atomic mass is 15.4. The van der Waals surface area contributed by atoms with Crippen LogP contribution in [0, 0.1) is 0 Å². The molecule has 138 valence electrons. The molecule has 2 aliphatic rings. The van der Waals surface area contributed by atoms with Crippen LogP contribution in [0.3, 0.4) is 0 Å². The van der Waals surface area contributed by atoms with E-state index in [-0.39, 0.29) is 5.41 Å². The first kappa shape index (κ1) is 17.3. The van der Waals surface area contributed by atoms with Crippen LogP contribution in [0.15, 0.2) is 24.4 Å². The fraction of sp³-hybridized carbons (Fsp3) is 0.600. The average Bonchev–Trinajstić information content (AvgIpc) is 3.38. The molecule has 0 atom stereocenters. The van der Waals surface area contributed by atoms with E-state index in [2.05, 4.69) is 64.9 Å². The van der Waals surface area contributed by atoms with Crippen LogP contribution >= 0.6 is 0 Å². The Balaban J connectivity index is 1.32. The summed E-state index contributed by atoms with van der Waals surface area (Å²) in [7, 11) is 2.18. The van der Waals surface area contributed by atoms with Crippen LogP contribution in [0.1, 0.15) is 56.7 Å². The molecule has 26 heavy (non-hydrogen) atoms. The van der Waals surface area contributed by atoms with Crippen molar-refractivity contribution in [3.8, 4) is 0 Å². The Kier molecular flexibility index (Phi) is 4.39. The number of likely N-dealkylation sites (N-methyl/N-ethyl adjacent to an activating group) is 1. The highest BCUT2D eigenvalue weighted by molar-refractivity contribution is 5.42. The van der Waals surface area contributed by atoms with E-state index >= 15 is 0 Å². The van der Waals surface area contributed by atoms with Gasteiger partial charge in [-0.15, -0.1) is 5.10 Å². The van der Waals surface area contributed by atoms with Crippen LogP contribution < -0.4 is 4.90 Å². The van der Waals surface area contributed by atoms with Gasteiger partial charge in [-0.2, -0.15) is 5.10 Å². The van der Waals surface area contributed by atoms with Gasteiger partial charge in [0.15, 0.2) is 5.82 Å². The van der Waals surface area contributed by atoms with Crippen LogP contribution in [0.5, 0.6) is 0 Å². The number of aromatic nitrogens is 4. The van der Waals surface area contributed by atoms with Crippen molar-refractivity contribution in [1.29, 1.82) is 0 Å². The van der Waals surface area contributed by atoms with Crippen molar-refractivity contribution in [2.45, 2.75) is 57.5 Å². The summed E-state index contributed by atoms with van der Waals surface area (Å²) in [6.07, 6.45) is 4.39. The zero-order chi connectivity index (χ0) is 18.3. The quantitative estimate of drug-likeness (QED) is 0.825. The van der Waals surface area contributed by atoms with Gasteiger partial charge in [0.1, 0.15) is 5.82 Å². The van der Waals surface area contributed by atoms with Gasteiger partial charge >= 0.3 is 0 Å². The lowest BCUT2D eigenvalue weighted by Crippen LogP contribution is -2.58. The molecular weight excluding hydrogens is 324 g/mol. The van der Waals surface area contributed by atoms with Crippen molar-refractivity contribution in [2.75, 3.05) is 25.0 Å². The molecule has 6 nitrogen and oxygen atoms in total. The molecule has 1 aliphatic heterocycles. The molecule has 0 aromatic carbocycles. The number of anilines is 1. The highest BCUT2D eigenvalue weighted by Gasteiger charge is 2.32. The summed E-state index contributed by atoms with van der Waals surface area (Å²) < 4.78 is 0. The van der Waals surface area contributed by atoms with Crippen LogP contribution in [-0.4, -0.2) is 51.2 Å². The normalized spacial score (nSPS) is 18.3. The smallest absolute Gasteiger partial charge is 0.151 e. The van der Waals surface area contributed by atoms with E-state index < -0.39 is 0 Å².